The smallest absolute Gasteiger partial charge is 0.315 e. The van der Waals surface area contributed by atoms with Crippen LogP contribution in [0.15, 0.2) is 30.3 Å². The van der Waals surface area contributed by atoms with Crippen LogP contribution < -0.4 is 10.6 Å². The van der Waals surface area contributed by atoms with E-state index in [1.54, 1.807) is 6.92 Å². The maximum atomic E-state index is 12.2. The number of hydrogen-bond acceptors (Lipinski definition) is 4. The molecular formula is C17H25ClN2O3. The third-order valence-electron chi connectivity index (χ3n) is 4.19. The van der Waals surface area contributed by atoms with Crippen molar-refractivity contribution in [3.8, 4) is 0 Å². The van der Waals surface area contributed by atoms with Crippen molar-refractivity contribution in [1.82, 2.24) is 10.6 Å². The third-order valence-corrected chi connectivity index (χ3v) is 4.19. The molecule has 23 heavy (non-hydrogen) atoms. The standard InChI is InChI=1S/C17H24N2O3.ClH/c1-3-22-17(21)15(13-7-5-4-6-8-13)11-19-16(20)12(2)14-9-18-10-14;/h4-8,12,14-15,18H,3,9-11H2,1-2H3,(H,19,20);1H. The van der Waals surface area contributed by atoms with Gasteiger partial charge < -0.3 is 15.4 Å². The van der Waals surface area contributed by atoms with Crippen LogP contribution in [0.4, 0.5) is 0 Å². The van der Waals surface area contributed by atoms with Gasteiger partial charge in [-0.2, -0.15) is 0 Å². The molecule has 1 aromatic rings. The quantitative estimate of drug-likeness (QED) is 0.742. The Labute approximate surface area is 143 Å². The Hall–Kier alpha value is -1.59. The lowest BCUT2D eigenvalue weighted by Crippen LogP contribution is -2.50. The highest BCUT2D eigenvalue weighted by Gasteiger charge is 2.30. The zero-order valence-corrected chi connectivity index (χ0v) is 14.4. The predicted octanol–water partition coefficient (Wildman–Crippen LogP) is 1.73. The summed E-state index contributed by atoms with van der Waals surface area (Å²) in [5.74, 6) is -0.418. The summed E-state index contributed by atoms with van der Waals surface area (Å²) in [6.45, 7) is 6.09. The van der Waals surface area contributed by atoms with Gasteiger partial charge in [0.1, 0.15) is 0 Å². The van der Waals surface area contributed by atoms with Gasteiger partial charge in [-0.25, -0.2) is 0 Å². The van der Waals surface area contributed by atoms with Crippen LogP contribution in [0.5, 0.6) is 0 Å². The number of halogens is 1. The maximum Gasteiger partial charge on any atom is 0.315 e. The molecule has 128 valence electrons. The third kappa shape index (κ3) is 5.22. The van der Waals surface area contributed by atoms with Crippen molar-refractivity contribution in [3.05, 3.63) is 35.9 Å². The van der Waals surface area contributed by atoms with Gasteiger partial charge in [0.2, 0.25) is 5.91 Å². The highest BCUT2D eigenvalue weighted by Crippen LogP contribution is 2.19. The first-order valence-electron chi connectivity index (χ1n) is 7.83. The Morgan fingerprint density at radius 1 is 1.30 bits per heavy atom. The van der Waals surface area contributed by atoms with E-state index in [4.69, 9.17) is 4.74 Å². The Bertz CT molecular complexity index is 506. The summed E-state index contributed by atoms with van der Waals surface area (Å²) in [7, 11) is 0. The molecule has 5 nitrogen and oxygen atoms in total. The highest BCUT2D eigenvalue weighted by molar-refractivity contribution is 5.85. The molecule has 1 saturated heterocycles. The highest BCUT2D eigenvalue weighted by atomic mass is 35.5. The Morgan fingerprint density at radius 3 is 2.48 bits per heavy atom. The minimum Gasteiger partial charge on any atom is -0.465 e. The Kier molecular flexibility index (Phi) is 8.06. The molecule has 2 unspecified atom stereocenters. The average Bonchev–Trinajstić information content (AvgIpc) is 2.46. The molecule has 2 rings (SSSR count). The number of esters is 1. The van der Waals surface area contributed by atoms with Crippen molar-refractivity contribution in [2.24, 2.45) is 11.8 Å². The number of hydrogen-bond donors (Lipinski definition) is 2. The number of benzene rings is 1. The van der Waals surface area contributed by atoms with E-state index in [-0.39, 0.29) is 36.7 Å². The van der Waals surface area contributed by atoms with Gasteiger partial charge in [0.15, 0.2) is 0 Å². The van der Waals surface area contributed by atoms with E-state index in [1.807, 2.05) is 37.3 Å². The summed E-state index contributed by atoms with van der Waals surface area (Å²) in [5, 5.41) is 6.07. The second-order valence-corrected chi connectivity index (χ2v) is 5.67. The lowest BCUT2D eigenvalue weighted by Gasteiger charge is -2.32. The largest absolute Gasteiger partial charge is 0.465 e. The molecule has 6 heteroatoms. The number of carbonyl (C=O) groups excluding carboxylic acids is 2. The van der Waals surface area contributed by atoms with Gasteiger partial charge in [-0.3, -0.25) is 9.59 Å². The molecule has 1 fully saturated rings. The van der Waals surface area contributed by atoms with Crippen molar-refractivity contribution in [2.45, 2.75) is 19.8 Å². The topological polar surface area (TPSA) is 67.4 Å². The molecule has 0 bridgehead atoms. The second-order valence-electron chi connectivity index (χ2n) is 5.67. The van der Waals surface area contributed by atoms with Crippen molar-refractivity contribution in [2.75, 3.05) is 26.2 Å². The molecule has 1 aromatic carbocycles. The van der Waals surface area contributed by atoms with E-state index < -0.39 is 5.92 Å². The minimum absolute atomic E-state index is 0. The maximum absolute atomic E-state index is 12.2. The van der Waals surface area contributed by atoms with Gasteiger partial charge in [-0.1, -0.05) is 37.3 Å². The first-order chi connectivity index (χ1) is 10.6. The summed E-state index contributed by atoms with van der Waals surface area (Å²) in [6, 6.07) is 9.42. The van der Waals surface area contributed by atoms with Crippen molar-refractivity contribution >= 4 is 24.3 Å². The number of nitrogens with one attached hydrogen (secondary N) is 2. The molecule has 1 amide bonds. The molecule has 0 saturated carbocycles. The zero-order valence-electron chi connectivity index (χ0n) is 13.6. The van der Waals surface area contributed by atoms with E-state index in [2.05, 4.69) is 10.6 Å². The molecule has 1 aliphatic heterocycles. The molecular weight excluding hydrogens is 316 g/mol. The van der Waals surface area contributed by atoms with Crippen LogP contribution in [-0.2, 0) is 14.3 Å². The summed E-state index contributed by atoms with van der Waals surface area (Å²) in [5.41, 5.74) is 0.860. The van der Waals surface area contributed by atoms with E-state index in [1.165, 1.54) is 0 Å². The molecule has 1 aliphatic rings. The van der Waals surface area contributed by atoms with Crippen LogP contribution in [-0.4, -0.2) is 38.1 Å². The van der Waals surface area contributed by atoms with Crippen LogP contribution in [0.2, 0.25) is 0 Å². The van der Waals surface area contributed by atoms with E-state index >= 15 is 0 Å². The second kappa shape index (κ2) is 9.53. The fourth-order valence-corrected chi connectivity index (χ4v) is 2.51. The summed E-state index contributed by atoms with van der Waals surface area (Å²) >= 11 is 0. The van der Waals surface area contributed by atoms with Crippen molar-refractivity contribution in [1.29, 1.82) is 0 Å². The minimum atomic E-state index is -0.461. The molecule has 0 aliphatic carbocycles. The van der Waals surface area contributed by atoms with Crippen LogP contribution in [0.1, 0.15) is 25.3 Å². The summed E-state index contributed by atoms with van der Waals surface area (Å²) in [6.07, 6.45) is 0. The van der Waals surface area contributed by atoms with Crippen LogP contribution in [0.25, 0.3) is 0 Å². The van der Waals surface area contributed by atoms with Gasteiger partial charge in [0, 0.05) is 12.5 Å². The van der Waals surface area contributed by atoms with Gasteiger partial charge in [-0.05, 0) is 31.5 Å². The normalized spacial score (nSPS) is 16.4. The van der Waals surface area contributed by atoms with Crippen LogP contribution in [0, 0.1) is 11.8 Å². The van der Waals surface area contributed by atoms with Gasteiger partial charge >= 0.3 is 5.97 Å². The number of amides is 1. The monoisotopic (exact) mass is 340 g/mol. The lowest BCUT2D eigenvalue weighted by molar-refractivity contribution is -0.145. The summed E-state index contributed by atoms with van der Waals surface area (Å²) < 4.78 is 5.13. The predicted molar refractivity (Wildman–Crippen MR) is 91.6 cm³/mol. The fourth-order valence-electron chi connectivity index (χ4n) is 2.51. The van der Waals surface area contributed by atoms with E-state index in [0.717, 1.165) is 18.7 Å². The first kappa shape index (κ1) is 19.5. The van der Waals surface area contributed by atoms with E-state index in [0.29, 0.717) is 12.5 Å². The molecule has 0 spiro atoms. The molecule has 1 heterocycles. The number of rotatable bonds is 7. The van der Waals surface area contributed by atoms with Crippen LogP contribution in [0.3, 0.4) is 0 Å². The first-order valence-corrected chi connectivity index (χ1v) is 7.83. The summed E-state index contributed by atoms with van der Waals surface area (Å²) in [4.78, 5) is 24.3. The van der Waals surface area contributed by atoms with Gasteiger partial charge in [-0.15, -0.1) is 12.4 Å². The van der Waals surface area contributed by atoms with Crippen molar-refractivity contribution in [3.63, 3.8) is 0 Å². The zero-order chi connectivity index (χ0) is 15.9. The SMILES string of the molecule is CCOC(=O)C(CNC(=O)C(C)C1CNC1)c1ccccc1.Cl. The number of carbonyl (C=O) groups is 2. The lowest BCUT2D eigenvalue weighted by atomic mass is 9.88. The van der Waals surface area contributed by atoms with E-state index in [9.17, 15) is 9.59 Å². The Morgan fingerprint density at radius 2 is 1.96 bits per heavy atom. The Balaban J connectivity index is 0.00000264. The number of ether oxygens (including phenoxy) is 1. The van der Waals surface area contributed by atoms with Crippen LogP contribution >= 0.6 is 12.4 Å². The molecule has 2 N–H and O–H groups in total. The average molecular weight is 341 g/mol. The van der Waals surface area contributed by atoms with Crippen molar-refractivity contribution < 1.29 is 14.3 Å². The molecule has 0 aromatic heterocycles. The molecule has 2 atom stereocenters. The van der Waals surface area contributed by atoms with Gasteiger partial charge in [0.05, 0.1) is 12.5 Å². The molecule has 0 radical (unpaired) electrons. The van der Waals surface area contributed by atoms with Gasteiger partial charge in [0.25, 0.3) is 0 Å². The fraction of sp³-hybridized carbons (Fsp3) is 0.529.